The van der Waals surface area contributed by atoms with E-state index >= 15 is 0 Å². The van der Waals surface area contributed by atoms with Crippen LogP contribution in [0.1, 0.15) is 53.3 Å². The first kappa shape index (κ1) is 23.6. The van der Waals surface area contributed by atoms with Gasteiger partial charge < -0.3 is 29.4 Å². The van der Waals surface area contributed by atoms with Crippen molar-refractivity contribution in [1.29, 1.82) is 0 Å². The highest BCUT2D eigenvalue weighted by Crippen LogP contribution is 2.35. The van der Waals surface area contributed by atoms with Gasteiger partial charge in [0.15, 0.2) is 11.5 Å². The van der Waals surface area contributed by atoms with Gasteiger partial charge in [-0.05, 0) is 55.2 Å². The Morgan fingerprint density at radius 2 is 2.00 bits per heavy atom. The van der Waals surface area contributed by atoms with Gasteiger partial charge in [-0.15, -0.1) is 0 Å². The number of rotatable bonds is 8. The number of ether oxygens (including phenoxy) is 3. The summed E-state index contributed by atoms with van der Waals surface area (Å²) in [7, 11) is 3.81. The zero-order chi connectivity index (χ0) is 24.2. The van der Waals surface area contributed by atoms with Gasteiger partial charge in [0.05, 0.1) is 17.6 Å². The predicted octanol–water partition coefficient (Wildman–Crippen LogP) is 3.54. The van der Waals surface area contributed by atoms with Crippen LogP contribution >= 0.6 is 0 Å². The minimum Gasteiger partial charge on any atom is -0.486 e. The van der Waals surface area contributed by atoms with Gasteiger partial charge in [-0.3, -0.25) is 4.79 Å². The number of hydrogen-bond acceptors (Lipinski definition) is 6. The molecule has 8 nitrogen and oxygen atoms in total. The fourth-order valence-electron chi connectivity index (χ4n) is 5.15. The highest BCUT2D eigenvalue weighted by atomic mass is 16.6. The van der Waals surface area contributed by atoms with Crippen LogP contribution in [0.4, 0.5) is 0 Å². The van der Waals surface area contributed by atoms with E-state index in [1.165, 1.54) is 5.56 Å². The fourth-order valence-corrected chi connectivity index (χ4v) is 5.15. The maximum absolute atomic E-state index is 13.0. The van der Waals surface area contributed by atoms with Gasteiger partial charge >= 0.3 is 0 Å². The molecule has 1 saturated carbocycles. The first-order valence-electron chi connectivity index (χ1n) is 12.5. The van der Waals surface area contributed by atoms with Crippen LogP contribution in [0.25, 0.3) is 11.0 Å². The number of benzene rings is 2. The molecule has 1 amide bonds. The van der Waals surface area contributed by atoms with E-state index in [1.54, 1.807) is 19.2 Å². The van der Waals surface area contributed by atoms with E-state index in [2.05, 4.69) is 40.4 Å². The Morgan fingerprint density at radius 3 is 2.86 bits per heavy atom. The van der Waals surface area contributed by atoms with Crippen molar-refractivity contribution in [3.63, 3.8) is 0 Å². The van der Waals surface area contributed by atoms with Gasteiger partial charge in [0.25, 0.3) is 5.91 Å². The zero-order valence-corrected chi connectivity index (χ0v) is 20.5. The highest BCUT2D eigenvalue weighted by Gasteiger charge is 2.28. The molecule has 1 aliphatic carbocycles. The fraction of sp³-hybridized carbons (Fsp3) is 0.481. The molecule has 0 spiro atoms. The average Bonchev–Trinajstić information content (AvgIpc) is 3.22. The van der Waals surface area contributed by atoms with Crippen LogP contribution in [0.15, 0.2) is 36.4 Å². The van der Waals surface area contributed by atoms with Crippen molar-refractivity contribution in [1.82, 2.24) is 20.2 Å². The monoisotopic (exact) mass is 478 g/mol. The van der Waals surface area contributed by atoms with Gasteiger partial charge in [-0.1, -0.05) is 12.5 Å². The number of carbonyl (C=O) groups excluding carboxylic acids is 1. The lowest BCUT2D eigenvalue weighted by molar-refractivity contribution is 0.0923. The standard InChI is InChI=1S/C27H34N4O4/c1-31-23-8-6-18(17-28-10-11-33-2)14-22(23)30-26(31)19-4-3-5-21(15-19)29-27(32)20-7-9-24-25(16-20)35-13-12-34-24/h6-9,14,16,19,21,28H,3-5,10-13,15,17H2,1-2H3,(H,29,32). The van der Waals surface area contributed by atoms with Crippen LogP contribution in [0.5, 0.6) is 11.5 Å². The summed E-state index contributed by atoms with van der Waals surface area (Å²) in [6.07, 6.45) is 4.01. The molecule has 0 radical (unpaired) electrons. The quantitative estimate of drug-likeness (QED) is 0.482. The average molecular weight is 479 g/mol. The molecule has 2 N–H and O–H groups in total. The molecule has 35 heavy (non-hydrogen) atoms. The molecule has 1 fully saturated rings. The van der Waals surface area contributed by atoms with E-state index < -0.39 is 0 Å². The lowest BCUT2D eigenvalue weighted by atomic mass is 9.85. The van der Waals surface area contributed by atoms with Gasteiger partial charge in [-0.25, -0.2) is 4.98 Å². The van der Waals surface area contributed by atoms with Crippen molar-refractivity contribution in [2.75, 3.05) is 33.5 Å². The van der Waals surface area contributed by atoms with E-state index in [4.69, 9.17) is 19.2 Å². The molecule has 5 rings (SSSR count). The normalized spacial score (nSPS) is 19.6. The van der Waals surface area contributed by atoms with Gasteiger partial charge in [0, 0.05) is 44.8 Å². The number of nitrogens with one attached hydrogen (secondary N) is 2. The van der Waals surface area contributed by atoms with Crippen LogP contribution in [-0.4, -0.2) is 55.0 Å². The van der Waals surface area contributed by atoms with E-state index in [9.17, 15) is 4.79 Å². The lowest BCUT2D eigenvalue weighted by Crippen LogP contribution is -2.38. The number of amides is 1. The van der Waals surface area contributed by atoms with Crippen molar-refractivity contribution < 1.29 is 19.0 Å². The summed E-state index contributed by atoms with van der Waals surface area (Å²) in [4.78, 5) is 18.0. The van der Waals surface area contributed by atoms with E-state index in [1.807, 2.05) is 6.07 Å². The molecule has 0 saturated heterocycles. The summed E-state index contributed by atoms with van der Waals surface area (Å²) >= 11 is 0. The van der Waals surface area contributed by atoms with Gasteiger partial charge in [0.2, 0.25) is 0 Å². The SMILES string of the molecule is COCCNCc1ccc2c(c1)nc(C1CCCC(NC(=O)c3ccc4c(c3)OCCO4)C1)n2C. The first-order valence-corrected chi connectivity index (χ1v) is 12.5. The molecule has 186 valence electrons. The van der Waals surface area contributed by atoms with Crippen molar-refractivity contribution in [2.45, 2.75) is 44.2 Å². The zero-order valence-electron chi connectivity index (χ0n) is 20.5. The van der Waals surface area contributed by atoms with Crippen molar-refractivity contribution in [2.24, 2.45) is 7.05 Å². The summed E-state index contributed by atoms with van der Waals surface area (Å²) in [6.45, 7) is 3.36. The third kappa shape index (κ3) is 5.28. The predicted molar refractivity (Wildman–Crippen MR) is 134 cm³/mol. The van der Waals surface area contributed by atoms with Gasteiger partial charge in [0.1, 0.15) is 19.0 Å². The van der Waals surface area contributed by atoms with Gasteiger partial charge in [-0.2, -0.15) is 0 Å². The third-order valence-electron chi connectivity index (χ3n) is 6.97. The molecule has 8 heteroatoms. The van der Waals surface area contributed by atoms with Crippen LogP contribution in [-0.2, 0) is 18.3 Å². The number of imidazole rings is 1. The Hall–Kier alpha value is -3.10. The smallest absolute Gasteiger partial charge is 0.251 e. The second kappa shape index (κ2) is 10.7. The Morgan fingerprint density at radius 1 is 1.14 bits per heavy atom. The van der Waals surface area contributed by atoms with Crippen molar-refractivity contribution >= 4 is 16.9 Å². The Balaban J connectivity index is 1.25. The number of aromatic nitrogens is 2. The second-order valence-electron chi connectivity index (χ2n) is 9.41. The topological polar surface area (TPSA) is 86.6 Å². The summed E-state index contributed by atoms with van der Waals surface area (Å²) < 4.78 is 18.5. The molecular weight excluding hydrogens is 444 g/mol. The van der Waals surface area contributed by atoms with Crippen molar-refractivity contribution in [3.8, 4) is 11.5 Å². The Bertz CT molecular complexity index is 1190. The highest BCUT2D eigenvalue weighted by molar-refractivity contribution is 5.95. The molecule has 1 aliphatic heterocycles. The molecule has 2 aromatic carbocycles. The minimum atomic E-state index is -0.0664. The van der Waals surface area contributed by atoms with Crippen LogP contribution < -0.4 is 20.1 Å². The number of fused-ring (bicyclic) bond motifs is 2. The molecule has 3 aromatic rings. The third-order valence-corrected chi connectivity index (χ3v) is 6.97. The van der Waals surface area contributed by atoms with E-state index in [-0.39, 0.29) is 11.9 Å². The number of hydrogen-bond donors (Lipinski definition) is 2. The largest absolute Gasteiger partial charge is 0.486 e. The molecule has 2 atom stereocenters. The number of aryl methyl sites for hydroxylation is 1. The Labute approximate surface area is 206 Å². The maximum Gasteiger partial charge on any atom is 0.251 e. The summed E-state index contributed by atoms with van der Waals surface area (Å²) in [5.41, 5.74) is 3.98. The van der Waals surface area contributed by atoms with Crippen molar-refractivity contribution in [3.05, 3.63) is 53.3 Å². The lowest BCUT2D eigenvalue weighted by Gasteiger charge is -2.29. The maximum atomic E-state index is 13.0. The molecule has 2 heterocycles. The first-order chi connectivity index (χ1) is 17.1. The summed E-state index contributed by atoms with van der Waals surface area (Å²) in [6, 6.07) is 12.0. The van der Waals surface area contributed by atoms with Crippen LogP contribution in [0.3, 0.4) is 0 Å². The summed E-state index contributed by atoms with van der Waals surface area (Å²) in [5, 5.41) is 6.64. The minimum absolute atomic E-state index is 0.0664. The Kier molecular flexibility index (Phi) is 7.20. The van der Waals surface area contributed by atoms with Crippen LogP contribution in [0, 0.1) is 0 Å². The number of carbonyl (C=O) groups is 1. The van der Waals surface area contributed by atoms with E-state index in [0.717, 1.165) is 55.6 Å². The second-order valence-corrected chi connectivity index (χ2v) is 9.41. The summed E-state index contributed by atoms with van der Waals surface area (Å²) in [5.74, 6) is 2.68. The molecule has 1 aromatic heterocycles. The molecular formula is C27H34N4O4. The molecule has 0 bridgehead atoms. The number of methoxy groups -OCH3 is 1. The van der Waals surface area contributed by atoms with E-state index in [0.29, 0.717) is 42.8 Å². The molecule has 2 unspecified atom stereocenters. The molecule has 2 aliphatic rings. The number of nitrogens with zero attached hydrogens (tertiary/aromatic N) is 2. The van der Waals surface area contributed by atoms with Crippen LogP contribution in [0.2, 0.25) is 0 Å².